The van der Waals surface area contributed by atoms with Crippen LogP contribution in [0.1, 0.15) is 19.3 Å². The van der Waals surface area contributed by atoms with Crippen LogP contribution in [0.5, 0.6) is 0 Å². The summed E-state index contributed by atoms with van der Waals surface area (Å²) in [6.07, 6.45) is 7.45. The van der Waals surface area contributed by atoms with E-state index in [1.165, 1.54) is 32.4 Å². The van der Waals surface area contributed by atoms with Crippen LogP contribution in [0.25, 0.3) is 0 Å². The van der Waals surface area contributed by atoms with Crippen LogP contribution >= 0.6 is 15.9 Å². The molecule has 2 fully saturated rings. The van der Waals surface area contributed by atoms with Gasteiger partial charge in [-0.1, -0.05) is 0 Å². The fourth-order valence-corrected chi connectivity index (χ4v) is 3.78. The predicted octanol–water partition coefficient (Wildman–Crippen LogP) is 2.10. The van der Waals surface area contributed by atoms with Crippen molar-refractivity contribution in [3.8, 4) is 0 Å². The average molecular weight is 311 g/mol. The highest BCUT2D eigenvalue weighted by Gasteiger charge is 2.29. The molecule has 1 atom stereocenters. The Labute approximate surface area is 116 Å². The fourth-order valence-electron chi connectivity index (χ4n) is 3.19. The third-order valence-electron chi connectivity index (χ3n) is 4.02. The van der Waals surface area contributed by atoms with Crippen molar-refractivity contribution in [1.82, 2.24) is 9.88 Å². The first-order valence-corrected chi connectivity index (χ1v) is 7.43. The second-order valence-electron chi connectivity index (χ2n) is 5.19. The van der Waals surface area contributed by atoms with Crippen molar-refractivity contribution < 1.29 is 0 Å². The second kappa shape index (κ2) is 5.05. The van der Waals surface area contributed by atoms with Crippen LogP contribution in [-0.4, -0.2) is 42.1 Å². The van der Waals surface area contributed by atoms with Crippen molar-refractivity contribution >= 4 is 27.3 Å². The minimum atomic E-state index is 0.701. The molecule has 3 heterocycles. The minimum Gasteiger partial charge on any atom is -0.396 e. The summed E-state index contributed by atoms with van der Waals surface area (Å²) in [5, 5.41) is 0. The van der Waals surface area contributed by atoms with Gasteiger partial charge in [0.15, 0.2) is 0 Å². The molecule has 2 saturated heterocycles. The van der Waals surface area contributed by atoms with E-state index in [9.17, 15) is 0 Å². The number of pyridine rings is 1. The molecule has 0 amide bonds. The van der Waals surface area contributed by atoms with E-state index >= 15 is 0 Å². The zero-order valence-electron chi connectivity index (χ0n) is 10.5. The van der Waals surface area contributed by atoms with Crippen molar-refractivity contribution in [3.63, 3.8) is 0 Å². The lowest BCUT2D eigenvalue weighted by atomic mass is 10.2. The molecule has 2 aliphatic rings. The molecule has 0 saturated carbocycles. The molecule has 0 bridgehead atoms. The van der Waals surface area contributed by atoms with Gasteiger partial charge in [-0.2, -0.15) is 0 Å². The lowest BCUT2D eigenvalue weighted by molar-refractivity contribution is 0.273. The van der Waals surface area contributed by atoms with Crippen LogP contribution in [0.15, 0.2) is 16.9 Å². The molecule has 3 rings (SSSR count). The van der Waals surface area contributed by atoms with E-state index in [1.807, 2.05) is 6.20 Å². The minimum absolute atomic E-state index is 0.701. The lowest BCUT2D eigenvalue weighted by Gasteiger charge is -2.28. The van der Waals surface area contributed by atoms with E-state index in [-0.39, 0.29) is 0 Å². The fraction of sp³-hybridized carbons (Fsp3) is 0.615. The van der Waals surface area contributed by atoms with Crippen LogP contribution < -0.4 is 10.6 Å². The zero-order chi connectivity index (χ0) is 12.5. The number of nitrogens with two attached hydrogens (primary N) is 1. The van der Waals surface area contributed by atoms with Crippen molar-refractivity contribution in [1.29, 1.82) is 0 Å². The molecule has 98 valence electrons. The topological polar surface area (TPSA) is 45.4 Å². The Balaban J connectivity index is 1.87. The van der Waals surface area contributed by atoms with Gasteiger partial charge in [0.05, 0.1) is 22.0 Å². The number of hydrogen-bond acceptors (Lipinski definition) is 4. The van der Waals surface area contributed by atoms with E-state index in [0.29, 0.717) is 6.04 Å². The van der Waals surface area contributed by atoms with Crippen LogP contribution in [0.2, 0.25) is 0 Å². The molecule has 1 aromatic heterocycles. The van der Waals surface area contributed by atoms with Gasteiger partial charge in [0, 0.05) is 31.9 Å². The molecular weight excluding hydrogens is 292 g/mol. The summed E-state index contributed by atoms with van der Waals surface area (Å²) in [6.45, 7) is 4.67. The summed E-state index contributed by atoms with van der Waals surface area (Å²) in [4.78, 5) is 9.18. The summed E-state index contributed by atoms with van der Waals surface area (Å²) in [7, 11) is 0. The summed E-state index contributed by atoms with van der Waals surface area (Å²) < 4.78 is 1.01. The number of rotatable bonds is 1. The molecule has 0 spiro atoms. The quantitative estimate of drug-likeness (QED) is 0.863. The van der Waals surface area contributed by atoms with Crippen molar-refractivity contribution in [2.75, 3.05) is 36.8 Å². The highest BCUT2D eigenvalue weighted by Crippen LogP contribution is 2.33. The molecule has 1 aromatic rings. The van der Waals surface area contributed by atoms with E-state index in [1.54, 1.807) is 6.20 Å². The molecule has 4 nitrogen and oxygen atoms in total. The first kappa shape index (κ1) is 12.2. The van der Waals surface area contributed by atoms with Gasteiger partial charge in [-0.15, -0.1) is 0 Å². The van der Waals surface area contributed by atoms with Crippen molar-refractivity contribution in [2.45, 2.75) is 25.3 Å². The number of hydrogen-bond donors (Lipinski definition) is 1. The maximum Gasteiger partial charge on any atom is 0.0776 e. The van der Waals surface area contributed by atoms with Crippen molar-refractivity contribution in [2.24, 2.45) is 0 Å². The largest absolute Gasteiger partial charge is 0.396 e. The lowest BCUT2D eigenvalue weighted by Crippen LogP contribution is -2.37. The van der Waals surface area contributed by atoms with Crippen LogP contribution in [-0.2, 0) is 0 Å². The summed E-state index contributed by atoms with van der Waals surface area (Å²) in [5.41, 5.74) is 7.99. The Bertz CT molecular complexity index is 417. The van der Waals surface area contributed by atoms with Gasteiger partial charge in [0.25, 0.3) is 0 Å². The number of aromatic nitrogens is 1. The van der Waals surface area contributed by atoms with Crippen LogP contribution in [0, 0.1) is 0 Å². The van der Waals surface area contributed by atoms with E-state index in [0.717, 1.165) is 28.9 Å². The van der Waals surface area contributed by atoms with Crippen LogP contribution in [0.4, 0.5) is 11.4 Å². The Morgan fingerprint density at radius 3 is 2.89 bits per heavy atom. The summed E-state index contributed by atoms with van der Waals surface area (Å²) in [5.74, 6) is 0. The second-order valence-corrected chi connectivity index (χ2v) is 6.05. The third-order valence-corrected chi connectivity index (χ3v) is 4.60. The molecule has 0 aromatic carbocycles. The van der Waals surface area contributed by atoms with Gasteiger partial charge in [-0.3, -0.25) is 9.88 Å². The van der Waals surface area contributed by atoms with Gasteiger partial charge in [-0.25, -0.2) is 0 Å². The Hall–Kier alpha value is -0.810. The number of anilines is 2. The Morgan fingerprint density at radius 2 is 2.06 bits per heavy atom. The zero-order valence-corrected chi connectivity index (χ0v) is 12.1. The first-order chi connectivity index (χ1) is 8.75. The number of halogens is 1. The number of nitrogen functional groups attached to an aromatic ring is 1. The highest BCUT2D eigenvalue weighted by molar-refractivity contribution is 9.10. The third kappa shape index (κ3) is 2.21. The van der Waals surface area contributed by atoms with Crippen molar-refractivity contribution in [3.05, 3.63) is 16.9 Å². The van der Waals surface area contributed by atoms with Gasteiger partial charge < -0.3 is 10.6 Å². The highest BCUT2D eigenvalue weighted by atomic mass is 79.9. The molecular formula is C13H19BrN4. The number of nitrogens with zero attached hydrogens (tertiary/aromatic N) is 3. The average Bonchev–Trinajstić information content (AvgIpc) is 2.68. The molecule has 2 N–H and O–H groups in total. The van der Waals surface area contributed by atoms with Gasteiger partial charge in [0.2, 0.25) is 0 Å². The normalized spacial score (nSPS) is 24.9. The molecule has 1 unspecified atom stereocenters. The predicted molar refractivity (Wildman–Crippen MR) is 77.8 cm³/mol. The van der Waals surface area contributed by atoms with E-state index in [2.05, 4.69) is 30.7 Å². The van der Waals surface area contributed by atoms with Crippen LogP contribution in [0.3, 0.4) is 0 Å². The van der Waals surface area contributed by atoms with E-state index < -0.39 is 0 Å². The molecule has 5 heteroatoms. The number of fused-ring (bicyclic) bond motifs is 1. The Kier molecular flexibility index (Phi) is 3.43. The van der Waals surface area contributed by atoms with E-state index in [4.69, 9.17) is 5.73 Å². The van der Waals surface area contributed by atoms with Gasteiger partial charge in [-0.05, 0) is 41.7 Å². The molecule has 0 radical (unpaired) electrons. The summed E-state index contributed by atoms with van der Waals surface area (Å²) in [6, 6.07) is 0.701. The molecule has 0 aliphatic carbocycles. The van der Waals surface area contributed by atoms with Gasteiger partial charge >= 0.3 is 0 Å². The molecule has 2 aliphatic heterocycles. The maximum absolute atomic E-state index is 6.09. The SMILES string of the molecule is Nc1cncc(Br)c1N1CCCN2CCCC2C1. The monoisotopic (exact) mass is 310 g/mol. The molecule has 18 heavy (non-hydrogen) atoms. The standard InChI is InChI=1S/C13H19BrN4/c14-11-7-16-8-12(15)13(11)18-6-2-5-17-4-1-3-10(17)9-18/h7-8,10H,1-6,9,15H2. The van der Waals surface area contributed by atoms with Gasteiger partial charge in [0.1, 0.15) is 0 Å². The first-order valence-electron chi connectivity index (χ1n) is 6.63. The maximum atomic E-state index is 6.09. The Morgan fingerprint density at radius 1 is 1.22 bits per heavy atom. The smallest absolute Gasteiger partial charge is 0.0776 e. The summed E-state index contributed by atoms with van der Waals surface area (Å²) >= 11 is 3.58.